The van der Waals surface area contributed by atoms with Crippen molar-refractivity contribution < 1.29 is 9.53 Å². The minimum absolute atomic E-state index is 0.317. The summed E-state index contributed by atoms with van der Waals surface area (Å²) in [5.74, 6) is -0.317. The topological polar surface area (TPSA) is 42.4 Å². The SMILES string of the molecule is CCOC(=O)c1c(CN(C)Cc2ccc(Cl)cc2)nc2ccccc2c1C. The van der Waals surface area contributed by atoms with Crippen molar-refractivity contribution in [3.8, 4) is 0 Å². The number of esters is 1. The van der Waals surface area contributed by atoms with E-state index in [0.717, 1.165) is 39.3 Å². The molecule has 1 heterocycles. The third-order valence-electron chi connectivity index (χ3n) is 4.49. The molecule has 2 aromatic carbocycles. The van der Waals surface area contributed by atoms with E-state index in [1.807, 2.05) is 69.4 Å². The highest BCUT2D eigenvalue weighted by atomic mass is 35.5. The maximum atomic E-state index is 12.6. The van der Waals surface area contributed by atoms with E-state index in [1.165, 1.54) is 0 Å². The Morgan fingerprint density at radius 2 is 1.81 bits per heavy atom. The third-order valence-corrected chi connectivity index (χ3v) is 4.74. The predicted octanol–water partition coefficient (Wildman–Crippen LogP) is 5.01. The lowest BCUT2D eigenvalue weighted by Gasteiger charge is -2.20. The zero-order valence-corrected chi connectivity index (χ0v) is 16.6. The molecule has 0 unspecified atom stereocenters. The van der Waals surface area contributed by atoms with Gasteiger partial charge < -0.3 is 4.74 Å². The second kappa shape index (κ2) is 8.51. The summed E-state index contributed by atoms with van der Waals surface area (Å²) in [7, 11) is 2.01. The summed E-state index contributed by atoms with van der Waals surface area (Å²) in [4.78, 5) is 19.5. The Balaban J connectivity index is 1.94. The number of carbonyl (C=O) groups is 1. The number of aromatic nitrogens is 1. The molecule has 0 amide bonds. The van der Waals surface area contributed by atoms with Gasteiger partial charge in [-0.25, -0.2) is 4.79 Å². The molecule has 3 aromatic rings. The molecule has 0 saturated carbocycles. The molecule has 0 saturated heterocycles. The van der Waals surface area contributed by atoms with Crippen LogP contribution in [0.4, 0.5) is 0 Å². The van der Waals surface area contributed by atoms with Crippen LogP contribution in [0.2, 0.25) is 5.02 Å². The number of nitrogens with zero attached hydrogens (tertiary/aromatic N) is 2. The number of aryl methyl sites for hydroxylation is 1. The molecule has 0 aliphatic rings. The molecule has 0 bridgehead atoms. The number of para-hydroxylation sites is 1. The lowest BCUT2D eigenvalue weighted by molar-refractivity contribution is 0.0522. The van der Waals surface area contributed by atoms with E-state index < -0.39 is 0 Å². The molecule has 5 heteroatoms. The summed E-state index contributed by atoms with van der Waals surface area (Å²) in [5, 5.41) is 1.70. The number of pyridine rings is 1. The van der Waals surface area contributed by atoms with Crippen molar-refractivity contribution in [1.82, 2.24) is 9.88 Å². The van der Waals surface area contributed by atoms with Gasteiger partial charge in [-0.2, -0.15) is 0 Å². The van der Waals surface area contributed by atoms with Crippen molar-refractivity contribution in [2.75, 3.05) is 13.7 Å². The van der Waals surface area contributed by atoms with Gasteiger partial charge in [0.25, 0.3) is 0 Å². The Hall–Kier alpha value is -2.43. The van der Waals surface area contributed by atoms with Gasteiger partial charge in [-0.05, 0) is 50.2 Å². The first-order chi connectivity index (χ1) is 13.0. The molecule has 3 rings (SSSR count). The Labute approximate surface area is 164 Å². The number of fused-ring (bicyclic) bond motifs is 1. The average Bonchev–Trinajstić information content (AvgIpc) is 2.64. The number of carbonyl (C=O) groups excluding carboxylic acids is 1. The van der Waals surface area contributed by atoms with E-state index >= 15 is 0 Å². The summed E-state index contributed by atoms with van der Waals surface area (Å²) in [5.41, 5.74) is 4.25. The van der Waals surface area contributed by atoms with E-state index in [1.54, 1.807) is 0 Å². The van der Waals surface area contributed by atoms with Gasteiger partial charge in [-0.3, -0.25) is 9.88 Å². The van der Waals surface area contributed by atoms with Crippen LogP contribution in [0.5, 0.6) is 0 Å². The van der Waals surface area contributed by atoms with Crippen LogP contribution < -0.4 is 0 Å². The molecule has 140 valence electrons. The highest BCUT2D eigenvalue weighted by molar-refractivity contribution is 6.30. The largest absolute Gasteiger partial charge is 0.462 e. The van der Waals surface area contributed by atoms with Gasteiger partial charge >= 0.3 is 5.97 Å². The predicted molar refractivity (Wildman–Crippen MR) is 109 cm³/mol. The number of rotatable bonds is 6. The van der Waals surface area contributed by atoms with E-state index in [0.29, 0.717) is 18.7 Å². The van der Waals surface area contributed by atoms with Gasteiger partial charge in [0.15, 0.2) is 0 Å². The molecule has 1 aromatic heterocycles. The van der Waals surface area contributed by atoms with E-state index in [9.17, 15) is 4.79 Å². The van der Waals surface area contributed by atoms with Crippen LogP contribution in [0.15, 0.2) is 48.5 Å². The highest BCUT2D eigenvalue weighted by Crippen LogP contribution is 2.25. The fourth-order valence-electron chi connectivity index (χ4n) is 3.24. The smallest absolute Gasteiger partial charge is 0.340 e. The number of hydrogen-bond acceptors (Lipinski definition) is 4. The van der Waals surface area contributed by atoms with Gasteiger partial charge in [0.2, 0.25) is 0 Å². The Morgan fingerprint density at radius 3 is 2.52 bits per heavy atom. The van der Waals surface area contributed by atoms with E-state index in [-0.39, 0.29) is 5.97 Å². The molecule has 0 fully saturated rings. The average molecular weight is 383 g/mol. The zero-order chi connectivity index (χ0) is 19.4. The Morgan fingerprint density at radius 1 is 1.11 bits per heavy atom. The number of halogens is 1. The van der Waals surface area contributed by atoms with Gasteiger partial charge in [0, 0.05) is 23.5 Å². The first-order valence-electron chi connectivity index (χ1n) is 8.98. The van der Waals surface area contributed by atoms with E-state index in [2.05, 4.69) is 4.90 Å². The van der Waals surface area contributed by atoms with Gasteiger partial charge in [0.1, 0.15) is 0 Å². The van der Waals surface area contributed by atoms with Crippen LogP contribution >= 0.6 is 11.6 Å². The van der Waals surface area contributed by atoms with Gasteiger partial charge in [0.05, 0.1) is 23.4 Å². The lowest BCUT2D eigenvalue weighted by Crippen LogP contribution is -2.21. The fraction of sp³-hybridized carbons (Fsp3) is 0.273. The van der Waals surface area contributed by atoms with Crippen LogP contribution in [0.1, 0.15) is 34.1 Å². The standard InChI is InChI=1S/C22H23ClN2O2/c1-4-27-22(26)21-15(2)18-7-5-6-8-19(18)24-20(21)14-25(3)13-16-9-11-17(23)12-10-16/h5-12H,4,13-14H2,1-3H3. The molecule has 0 aliphatic heterocycles. The first kappa shape index (κ1) is 19.3. The van der Waals surface area contributed by atoms with Gasteiger partial charge in [-0.15, -0.1) is 0 Å². The molecule has 4 nitrogen and oxygen atoms in total. The van der Waals surface area contributed by atoms with Crippen LogP contribution in [-0.2, 0) is 17.8 Å². The molecular weight excluding hydrogens is 360 g/mol. The fourth-order valence-corrected chi connectivity index (χ4v) is 3.37. The minimum Gasteiger partial charge on any atom is -0.462 e. The lowest BCUT2D eigenvalue weighted by atomic mass is 10.0. The zero-order valence-electron chi connectivity index (χ0n) is 15.8. The van der Waals surface area contributed by atoms with Crippen molar-refractivity contribution in [3.63, 3.8) is 0 Å². The second-order valence-corrected chi connectivity index (χ2v) is 7.03. The summed E-state index contributed by atoms with van der Waals surface area (Å²) in [6, 6.07) is 15.6. The molecule has 0 aliphatic carbocycles. The molecule has 0 N–H and O–H groups in total. The van der Waals surface area contributed by atoms with Gasteiger partial charge in [-0.1, -0.05) is 41.9 Å². The quantitative estimate of drug-likeness (QED) is 0.562. The first-order valence-corrected chi connectivity index (χ1v) is 9.35. The van der Waals surface area contributed by atoms with Crippen LogP contribution in [0.3, 0.4) is 0 Å². The van der Waals surface area contributed by atoms with Crippen molar-refractivity contribution in [3.05, 3.63) is 75.9 Å². The monoisotopic (exact) mass is 382 g/mol. The molecular formula is C22H23ClN2O2. The number of benzene rings is 2. The number of hydrogen-bond donors (Lipinski definition) is 0. The summed E-state index contributed by atoms with van der Waals surface area (Å²) in [6.07, 6.45) is 0. The Kier molecular flexibility index (Phi) is 6.09. The molecule has 27 heavy (non-hydrogen) atoms. The summed E-state index contributed by atoms with van der Waals surface area (Å²) >= 11 is 5.96. The number of ether oxygens (including phenoxy) is 1. The minimum atomic E-state index is -0.317. The summed E-state index contributed by atoms with van der Waals surface area (Å²) in [6.45, 7) is 5.38. The Bertz CT molecular complexity index is 954. The second-order valence-electron chi connectivity index (χ2n) is 6.59. The third kappa shape index (κ3) is 4.46. The van der Waals surface area contributed by atoms with E-state index in [4.69, 9.17) is 21.3 Å². The van der Waals surface area contributed by atoms with Crippen molar-refractivity contribution >= 4 is 28.5 Å². The van der Waals surface area contributed by atoms with Crippen LogP contribution in [-0.4, -0.2) is 29.5 Å². The van der Waals surface area contributed by atoms with Crippen molar-refractivity contribution in [2.45, 2.75) is 26.9 Å². The van der Waals surface area contributed by atoms with Crippen LogP contribution in [0, 0.1) is 6.92 Å². The summed E-state index contributed by atoms with van der Waals surface area (Å²) < 4.78 is 5.30. The maximum absolute atomic E-state index is 12.6. The van der Waals surface area contributed by atoms with Crippen molar-refractivity contribution in [2.24, 2.45) is 0 Å². The molecule has 0 atom stereocenters. The normalized spacial score (nSPS) is 11.1. The molecule has 0 spiro atoms. The molecule has 0 radical (unpaired) electrons. The van der Waals surface area contributed by atoms with Crippen LogP contribution in [0.25, 0.3) is 10.9 Å². The van der Waals surface area contributed by atoms with Crippen molar-refractivity contribution in [1.29, 1.82) is 0 Å². The highest BCUT2D eigenvalue weighted by Gasteiger charge is 2.20. The maximum Gasteiger partial charge on any atom is 0.340 e.